The molecule has 2 rings (SSSR count). The highest BCUT2D eigenvalue weighted by molar-refractivity contribution is 5.32. The lowest BCUT2D eigenvalue weighted by molar-refractivity contribution is 0.488. The second-order valence-electron chi connectivity index (χ2n) is 4.41. The van der Waals surface area contributed by atoms with Gasteiger partial charge >= 0.3 is 0 Å². The molecule has 3 nitrogen and oxygen atoms in total. The van der Waals surface area contributed by atoms with Crippen molar-refractivity contribution in [2.24, 2.45) is 12.8 Å². The largest absolute Gasteiger partial charge is 0.319 e. The average Bonchev–Trinajstić information content (AvgIpc) is 2.66. The van der Waals surface area contributed by atoms with Crippen molar-refractivity contribution < 1.29 is 8.78 Å². The van der Waals surface area contributed by atoms with E-state index in [4.69, 9.17) is 5.73 Å². The molecule has 1 aromatic heterocycles. The van der Waals surface area contributed by atoms with E-state index >= 15 is 0 Å². The fourth-order valence-corrected chi connectivity index (χ4v) is 1.80. The molecule has 96 valence electrons. The number of nitrogens with zero attached hydrogens (tertiary/aromatic N) is 2. The Bertz CT molecular complexity index is 571. The minimum absolute atomic E-state index is 0.121. The third-order valence-corrected chi connectivity index (χ3v) is 3.09. The monoisotopic (exact) mass is 251 g/mol. The van der Waals surface area contributed by atoms with Gasteiger partial charge in [-0.3, -0.25) is 4.68 Å². The Balaban J connectivity index is 2.46. The molecule has 1 aromatic carbocycles. The molecule has 0 spiro atoms. The van der Waals surface area contributed by atoms with Crippen molar-refractivity contribution in [2.45, 2.75) is 19.9 Å². The molecule has 2 aromatic rings. The lowest BCUT2D eigenvalue weighted by atomic mass is 10.0. The van der Waals surface area contributed by atoms with Gasteiger partial charge in [-0.1, -0.05) is 12.1 Å². The van der Waals surface area contributed by atoms with Gasteiger partial charge in [0.25, 0.3) is 0 Å². The molecule has 0 bridgehead atoms. The number of nitrogens with two attached hydrogens (primary N) is 1. The van der Waals surface area contributed by atoms with E-state index in [0.717, 1.165) is 5.69 Å². The van der Waals surface area contributed by atoms with Gasteiger partial charge in [-0.15, -0.1) is 0 Å². The lowest BCUT2D eigenvalue weighted by Crippen LogP contribution is -2.15. The highest BCUT2D eigenvalue weighted by Gasteiger charge is 2.20. The molecule has 0 aliphatic heterocycles. The van der Waals surface area contributed by atoms with Crippen LogP contribution < -0.4 is 5.73 Å². The summed E-state index contributed by atoms with van der Waals surface area (Å²) < 4.78 is 29.0. The molecule has 0 amide bonds. The summed E-state index contributed by atoms with van der Waals surface area (Å²) in [5, 5.41) is 4.18. The van der Waals surface area contributed by atoms with Crippen molar-refractivity contribution in [2.75, 3.05) is 0 Å². The summed E-state index contributed by atoms with van der Waals surface area (Å²) in [5.74, 6) is -1.75. The topological polar surface area (TPSA) is 43.8 Å². The van der Waals surface area contributed by atoms with Crippen LogP contribution in [0.25, 0.3) is 0 Å². The first kappa shape index (κ1) is 12.7. The normalized spacial score (nSPS) is 12.8. The molecule has 18 heavy (non-hydrogen) atoms. The molecule has 5 heteroatoms. The number of hydrogen-bond acceptors (Lipinski definition) is 2. The quantitative estimate of drug-likeness (QED) is 0.890. The molecule has 0 radical (unpaired) electrons. The third kappa shape index (κ3) is 2.01. The maximum atomic E-state index is 13.8. The zero-order valence-electron chi connectivity index (χ0n) is 10.5. The van der Waals surface area contributed by atoms with Crippen LogP contribution in [0, 0.1) is 25.5 Å². The van der Waals surface area contributed by atoms with Crippen molar-refractivity contribution in [3.63, 3.8) is 0 Å². The Morgan fingerprint density at radius 2 is 1.89 bits per heavy atom. The van der Waals surface area contributed by atoms with Crippen LogP contribution in [-0.2, 0) is 7.05 Å². The average molecular weight is 251 g/mol. The van der Waals surface area contributed by atoms with E-state index in [1.807, 2.05) is 6.92 Å². The maximum absolute atomic E-state index is 13.8. The van der Waals surface area contributed by atoms with E-state index in [1.165, 1.54) is 19.1 Å². The smallest absolute Gasteiger partial charge is 0.164 e. The SMILES string of the molecule is Cc1ccc(C(N)c2cc(C)n(C)n2)c(F)c1F. The van der Waals surface area contributed by atoms with Crippen LogP contribution in [-0.4, -0.2) is 9.78 Å². The first-order valence-electron chi connectivity index (χ1n) is 5.62. The van der Waals surface area contributed by atoms with Gasteiger partial charge in [0.05, 0.1) is 11.7 Å². The molecule has 0 aliphatic rings. The Labute approximate surface area is 104 Å². The zero-order valence-corrected chi connectivity index (χ0v) is 10.5. The van der Waals surface area contributed by atoms with E-state index in [9.17, 15) is 8.78 Å². The van der Waals surface area contributed by atoms with Gasteiger partial charge in [0.1, 0.15) is 0 Å². The number of benzene rings is 1. The highest BCUT2D eigenvalue weighted by Crippen LogP contribution is 2.24. The summed E-state index contributed by atoms with van der Waals surface area (Å²) in [4.78, 5) is 0. The van der Waals surface area contributed by atoms with E-state index < -0.39 is 17.7 Å². The van der Waals surface area contributed by atoms with Crippen LogP contribution in [0.15, 0.2) is 18.2 Å². The first-order chi connectivity index (χ1) is 8.41. The van der Waals surface area contributed by atoms with Crippen LogP contribution in [0.1, 0.15) is 28.6 Å². The van der Waals surface area contributed by atoms with Crippen LogP contribution in [0.3, 0.4) is 0 Å². The molecule has 0 fully saturated rings. The van der Waals surface area contributed by atoms with Crippen LogP contribution in [0.2, 0.25) is 0 Å². The van der Waals surface area contributed by atoms with Gasteiger partial charge in [0.2, 0.25) is 0 Å². The highest BCUT2D eigenvalue weighted by atomic mass is 19.2. The molecule has 0 aliphatic carbocycles. The standard InChI is InChI=1S/C13H15F2N3/c1-7-4-5-9(12(15)11(7)14)13(16)10-6-8(2)18(3)17-10/h4-6,13H,16H2,1-3H3. The lowest BCUT2D eigenvalue weighted by Gasteiger charge is -2.11. The molecular weight excluding hydrogens is 236 g/mol. The van der Waals surface area contributed by atoms with Gasteiger partial charge < -0.3 is 5.73 Å². The Morgan fingerprint density at radius 3 is 2.44 bits per heavy atom. The zero-order chi connectivity index (χ0) is 13.4. The Kier molecular flexibility index (Phi) is 3.17. The number of halogens is 2. The summed E-state index contributed by atoms with van der Waals surface area (Å²) in [6.45, 7) is 3.38. The van der Waals surface area contributed by atoms with Gasteiger partial charge in [-0.2, -0.15) is 5.10 Å². The molecule has 1 atom stereocenters. The van der Waals surface area contributed by atoms with Crippen molar-refractivity contribution in [1.29, 1.82) is 0 Å². The van der Waals surface area contributed by atoms with Crippen molar-refractivity contribution in [3.8, 4) is 0 Å². The summed E-state index contributed by atoms with van der Waals surface area (Å²) in [6.07, 6.45) is 0. The molecule has 2 N–H and O–H groups in total. The summed E-state index contributed by atoms with van der Waals surface area (Å²) in [7, 11) is 1.78. The van der Waals surface area contributed by atoms with Crippen molar-refractivity contribution >= 4 is 0 Å². The Hall–Kier alpha value is -1.75. The number of aryl methyl sites for hydroxylation is 3. The second kappa shape index (κ2) is 4.49. The maximum Gasteiger partial charge on any atom is 0.164 e. The van der Waals surface area contributed by atoms with E-state index in [0.29, 0.717) is 5.69 Å². The summed E-state index contributed by atoms with van der Waals surface area (Å²) in [5.41, 5.74) is 7.76. The van der Waals surface area contributed by atoms with Gasteiger partial charge in [-0.05, 0) is 25.5 Å². The van der Waals surface area contributed by atoms with E-state index in [-0.39, 0.29) is 11.1 Å². The van der Waals surface area contributed by atoms with Gasteiger partial charge in [0, 0.05) is 18.3 Å². The molecular formula is C13H15F2N3. The minimum atomic E-state index is -0.897. The van der Waals surface area contributed by atoms with E-state index in [2.05, 4.69) is 5.10 Å². The number of aromatic nitrogens is 2. The molecule has 0 saturated heterocycles. The number of hydrogen-bond donors (Lipinski definition) is 1. The van der Waals surface area contributed by atoms with Gasteiger partial charge in [-0.25, -0.2) is 8.78 Å². The predicted molar refractivity (Wildman–Crippen MR) is 65.1 cm³/mol. The van der Waals surface area contributed by atoms with Crippen LogP contribution in [0.5, 0.6) is 0 Å². The summed E-state index contributed by atoms with van der Waals surface area (Å²) in [6, 6.07) is 4.02. The van der Waals surface area contributed by atoms with Crippen LogP contribution in [0.4, 0.5) is 8.78 Å². The van der Waals surface area contributed by atoms with Gasteiger partial charge in [0.15, 0.2) is 11.6 Å². The molecule has 1 heterocycles. The second-order valence-corrected chi connectivity index (χ2v) is 4.41. The first-order valence-corrected chi connectivity index (χ1v) is 5.62. The predicted octanol–water partition coefficient (Wildman–Crippen LogP) is 2.36. The fourth-order valence-electron chi connectivity index (χ4n) is 1.80. The number of rotatable bonds is 2. The third-order valence-electron chi connectivity index (χ3n) is 3.09. The van der Waals surface area contributed by atoms with E-state index in [1.54, 1.807) is 17.8 Å². The molecule has 1 unspecified atom stereocenters. The summed E-state index contributed by atoms with van der Waals surface area (Å²) >= 11 is 0. The minimum Gasteiger partial charge on any atom is -0.319 e. The van der Waals surface area contributed by atoms with Crippen molar-refractivity contribution in [1.82, 2.24) is 9.78 Å². The van der Waals surface area contributed by atoms with Crippen molar-refractivity contribution in [3.05, 3.63) is 52.3 Å². The molecule has 0 saturated carbocycles. The van der Waals surface area contributed by atoms with Crippen LogP contribution >= 0.6 is 0 Å². The Morgan fingerprint density at radius 1 is 1.22 bits per heavy atom. The fraction of sp³-hybridized carbons (Fsp3) is 0.308.